The number of phenolic OH excluding ortho intramolecular Hbond substituents is 2. The predicted octanol–water partition coefficient (Wildman–Crippen LogP) is 4.27. The highest BCUT2D eigenvalue weighted by Crippen LogP contribution is 2.54. The normalized spacial score (nSPS) is 11.9. The van der Waals surface area contributed by atoms with E-state index < -0.39 is 17.0 Å². The summed E-state index contributed by atoms with van der Waals surface area (Å²) in [4.78, 5) is 0. The van der Waals surface area contributed by atoms with Gasteiger partial charge in [0.25, 0.3) is 0 Å². The molecule has 4 nitrogen and oxygen atoms in total. The van der Waals surface area contributed by atoms with Crippen LogP contribution in [0.4, 0.5) is 0 Å². The third kappa shape index (κ3) is 2.94. The van der Waals surface area contributed by atoms with Crippen LogP contribution in [0.3, 0.4) is 0 Å². The molecule has 0 bridgehead atoms. The van der Waals surface area contributed by atoms with Crippen molar-refractivity contribution in [2.45, 2.75) is 11.2 Å². The molecule has 0 amide bonds. The molecule has 4 rings (SSSR count). The van der Waals surface area contributed by atoms with Crippen LogP contribution >= 0.6 is 0 Å². The summed E-state index contributed by atoms with van der Waals surface area (Å²) in [6.07, 6.45) is 0. The second kappa shape index (κ2) is 7.67. The van der Waals surface area contributed by atoms with Gasteiger partial charge in [-0.1, -0.05) is 103 Å². The van der Waals surface area contributed by atoms with E-state index in [9.17, 15) is 20.4 Å². The quantitative estimate of drug-likeness (QED) is 0.230. The van der Waals surface area contributed by atoms with E-state index in [2.05, 4.69) is 0 Å². The molecule has 4 aromatic rings. The highest BCUT2D eigenvalue weighted by molar-refractivity contribution is 5.61. The van der Waals surface area contributed by atoms with Crippen LogP contribution in [0.25, 0.3) is 0 Å². The Kier molecular flexibility index (Phi) is 5.04. The fourth-order valence-corrected chi connectivity index (χ4v) is 4.17. The van der Waals surface area contributed by atoms with E-state index >= 15 is 0 Å². The maximum Gasteiger partial charge on any atom is 0.208 e. The highest BCUT2D eigenvalue weighted by atomic mass is 16.5. The van der Waals surface area contributed by atoms with E-state index in [0.717, 1.165) is 0 Å². The zero-order valence-corrected chi connectivity index (χ0v) is 16.2. The summed E-state index contributed by atoms with van der Waals surface area (Å²) in [5.74, 6) is -3.22. The summed E-state index contributed by atoms with van der Waals surface area (Å²) in [6, 6.07) is 31.0. The van der Waals surface area contributed by atoms with Crippen molar-refractivity contribution in [2.75, 3.05) is 0 Å². The molecule has 0 aliphatic heterocycles. The standard InChI is InChI=1S/C26H22O4/c27-23-18-10-17-22(24(23)28)25(19-11-4-1-5-12-19,20-13-6-2-7-14-20)26(29,30)21-15-8-3-9-16-21/h1-18,27-30H. The van der Waals surface area contributed by atoms with Crippen LogP contribution in [0.1, 0.15) is 22.3 Å². The van der Waals surface area contributed by atoms with Crippen molar-refractivity contribution in [2.24, 2.45) is 0 Å². The molecule has 0 aliphatic carbocycles. The number of aliphatic hydroxyl groups is 2. The largest absolute Gasteiger partial charge is 0.504 e. The van der Waals surface area contributed by atoms with Crippen molar-refractivity contribution in [3.05, 3.63) is 131 Å². The van der Waals surface area contributed by atoms with E-state index in [4.69, 9.17) is 0 Å². The number of hydrogen-bond acceptors (Lipinski definition) is 4. The number of aromatic hydroxyl groups is 2. The van der Waals surface area contributed by atoms with E-state index in [1.807, 2.05) is 12.1 Å². The lowest BCUT2D eigenvalue weighted by molar-refractivity contribution is -0.203. The van der Waals surface area contributed by atoms with Gasteiger partial charge in [0.15, 0.2) is 11.5 Å². The lowest BCUT2D eigenvalue weighted by Gasteiger charge is -2.45. The lowest BCUT2D eigenvalue weighted by Crippen LogP contribution is -2.51. The van der Waals surface area contributed by atoms with Crippen LogP contribution in [0, 0.1) is 0 Å². The van der Waals surface area contributed by atoms with Crippen LogP contribution in [0.5, 0.6) is 11.5 Å². The SMILES string of the molecule is Oc1cccc(C(c2ccccc2)(c2ccccc2)C(O)(O)c2ccccc2)c1O. The Labute approximate surface area is 175 Å². The Balaban J connectivity index is 2.20. The Morgan fingerprint density at radius 2 is 0.900 bits per heavy atom. The molecular weight excluding hydrogens is 376 g/mol. The van der Waals surface area contributed by atoms with Crippen LogP contribution in [0.15, 0.2) is 109 Å². The smallest absolute Gasteiger partial charge is 0.208 e. The van der Waals surface area contributed by atoms with Gasteiger partial charge in [0.05, 0.1) is 0 Å². The summed E-state index contributed by atoms with van der Waals surface area (Å²) in [5, 5.41) is 44.8. The van der Waals surface area contributed by atoms with Crippen molar-refractivity contribution in [3.63, 3.8) is 0 Å². The van der Waals surface area contributed by atoms with Gasteiger partial charge < -0.3 is 20.4 Å². The monoisotopic (exact) mass is 398 g/mol. The Hall–Kier alpha value is -3.60. The van der Waals surface area contributed by atoms with Crippen molar-refractivity contribution in [1.82, 2.24) is 0 Å². The number of para-hydroxylation sites is 1. The molecule has 0 spiro atoms. The van der Waals surface area contributed by atoms with Gasteiger partial charge in [-0.05, 0) is 17.2 Å². The molecule has 0 saturated carbocycles. The highest BCUT2D eigenvalue weighted by Gasteiger charge is 2.56. The zero-order chi connectivity index (χ0) is 21.2. The molecule has 0 aliphatic rings. The maximum absolute atomic E-state index is 11.8. The second-order valence-electron chi connectivity index (χ2n) is 7.19. The molecule has 0 heterocycles. The average Bonchev–Trinajstić information content (AvgIpc) is 2.79. The number of phenols is 2. The molecule has 4 heteroatoms. The summed E-state index contributed by atoms with van der Waals surface area (Å²) >= 11 is 0. The molecular formula is C26H22O4. The minimum absolute atomic E-state index is 0.175. The van der Waals surface area contributed by atoms with E-state index in [1.54, 1.807) is 91.0 Å². The van der Waals surface area contributed by atoms with Crippen molar-refractivity contribution < 1.29 is 20.4 Å². The Morgan fingerprint density at radius 1 is 0.467 bits per heavy atom. The Morgan fingerprint density at radius 3 is 1.37 bits per heavy atom. The second-order valence-corrected chi connectivity index (χ2v) is 7.19. The van der Waals surface area contributed by atoms with Crippen LogP contribution in [0.2, 0.25) is 0 Å². The van der Waals surface area contributed by atoms with Crippen molar-refractivity contribution in [3.8, 4) is 11.5 Å². The number of benzene rings is 4. The molecule has 4 N–H and O–H groups in total. The fourth-order valence-electron chi connectivity index (χ4n) is 4.17. The van der Waals surface area contributed by atoms with Gasteiger partial charge in [-0.3, -0.25) is 0 Å². The molecule has 0 aromatic heterocycles. The average molecular weight is 398 g/mol. The molecule has 30 heavy (non-hydrogen) atoms. The van der Waals surface area contributed by atoms with Gasteiger partial charge in [-0.25, -0.2) is 0 Å². The summed E-state index contributed by atoms with van der Waals surface area (Å²) < 4.78 is 0. The number of hydrogen-bond donors (Lipinski definition) is 4. The van der Waals surface area contributed by atoms with Gasteiger partial charge in [-0.15, -0.1) is 0 Å². The van der Waals surface area contributed by atoms with Gasteiger partial charge >= 0.3 is 0 Å². The van der Waals surface area contributed by atoms with Gasteiger partial charge in [0, 0.05) is 11.1 Å². The van der Waals surface area contributed by atoms with E-state index in [-0.39, 0.29) is 16.9 Å². The van der Waals surface area contributed by atoms with E-state index in [1.165, 1.54) is 6.07 Å². The van der Waals surface area contributed by atoms with Gasteiger partial charge in [-0.2, -0.15) is 0 Å². The number of rotatable bonds is 5. The molecule has 150 valence electrons. The first-order valence-electron chi connectivity index (χ1n) is 9.62. The molecule has 4 aromatic carbocycles. The van der Waals surface area contributed by atoms with Crippen LogP contribution in [-0.2, 0) is 11.2 Å². The third-order valence-corrected chi connectivity index (χ3v) is 5.53. The molecule has 0 unspecified atom stereocenters. The first kappa shape index (κ1) is 19.7. The van der Waals surface area contributed by atoms with Crippen LogP contribution < -0.4 is 0 Å². The minimum atomic E-state index is -2.47. The zero-order valence-electron chi connectivity index (χ0n) is 16.2. The van der Waals surface area contributed by atoms with Gasteiger partial charge in [0.1, 0.15) is 5.41 Å². The summed E-state index contributed by atoms with van der Waals surface area (Å²) in [6.45, 7) is 0. The molecule has 0 fully saturated rings. The molecule has 0 saturated heterocycles. The van der Waals surface area contributed by atoms with E-state index in [0.29, 0.717) is 11.1 Å². The van der Waals surface area contributed by atoms with Gasteiger partial charge in [0.2, 0.25) is 5.79 Å². The van der Waals surface area contributed by atoms with Crippen molar-refractivity contribution >= 4 is 0 Å². The Bertz CT molecular complexity index is 1080. The maximum atomic E-state index is 11.8. The molecule has 0 atom stereocenters. The minimum Gasteiger partial charge on any atom is -0.504 e. The fraction of sp³-hybridized carbons (Fsp3) is 0.0769. The first-order valence-corrected chi connectivity index (χ1v) is 9.62. The van der Waals surface area contributed by atoms with Crippen molar-refractivity contribution in [1.29, 1.82) is 0 Å². The molecule has 0 radical (unpaired) electrons. The summed E-state index contributed by atoms with van der Waals surface area (Å²) in [5.41, 5.74) is -0.120. The summed E-state index contributed by atoms with van der Waals surface area (Å²) in [7, 11) is 0. The lowest BCUT2D eigenvalue weighted by atomic mass is 9.62. The third-order valence-electron chi connectivity index (χ3n) is 5.53. The topological polar surface area (TPSA) is 80.9 Å². The van der Waals surface area contributed by atoms with Crippen LogP contribution in [-0.4, -0.2) is 20.4 Å². The first-order chi connectivity index (χ1) is 14.5. The predicted molar refractivity (Wildman–Crippen MR) is 115 cm³/mol.